The van der Waals surface area contributed by atoms with E-state index >= 15 is 4.57 Å². The van der Waals surface area contributed by atoms with Gasteiger partial charge in [0.05, 0.1) is 22.1 Å². The van der Waals surface area contributed by atoms with Crippen LogP contribution in [0.5, 0.6) is 0 Å². The van der Waals surface area contributed by atoms with E-state index in [1.807, 2.05) is 109 Å². The third kappa shape index (κ3) is 7.28. The number of aromatic nitrogens is 3. The van der Waals surface area contributed by atoms with Gasteiger partial charge in [0, 0.05) is 71.6 Å². The van der Waals surface area contributed by atoms with E-state index in [4.69, 9.17) is 4.98 Å². The third-order valence-corrected chi connectivity index (χ3v) is 16.8. The fourth-order valence-corrected chi connectivity index (χ4v) is 13.2. The van der Waals surface area contributed by atoms with Crippen LogP contribution < -0.4 is 25.7 Å². The Hall–Kier alpha value is -9.22. The summed E-state index contributed by atoms with van der Waals surface area (Å²) in [4.78, 5) is 10.0. The van der Waals surface area contributed by atoms with Crippen LogP contribution in [0.3, 0.4) is 0 Å². The van der Waals surface area contributed by atoms with Crippen LogP contribution in [0.15, 0.2) is 279 Å². The largest absolute Gasteiger partial charge is 0.309 e. The maximum atomic E-state index is 16.6. The molecule has 10 aromatic carbocycles. The molecule has 3 aromatic heterocycles. The van der Waals surface area contributed by atoms with Crippen molar-refractivity contribution in [3.63, 3.8) is 0 Å². The van der Waals surface area contributed by atoms with E-state index in [9.17, 15) is 0 Å². The molecule has 0 bridgehead atoms. The van der Waals surface area contributed by atoms with Crippen molar-refractivity contribution in [2.75, 3.05) is 9.80 Å². The summed E-state index contributed by atoms with van der Waals surface area (Å²) in [6, 6.07) is 96.2. The van der Waals surface area contributed by atoms with Gasteiger partial charge in [-0.25, -0.2) is 4.98 Å². The van der Waals surface area contributed by atoms with E-state index in [2.05, 4.69) is 189 Å². The van der Waals surface area contributed by atoms with E-state index in [1.165, 1.54) is 21.5 Å². The average Bonchev–Trinajstić information content (AvgIpc) is 3.98. The molecule has 0 atom stereocenters. The second-order valence-electron chi connectivity index (χ2n) is 17.9. The lowest BCUT2D eigenvalue weighted by atomic mass is 10.2. The van der Waals surface area contributed by atoms with Crippen molar-refractivity contribution in [1.29, 1.82) is 0 Å². The molecule has 7 heteroatoms. The zero-order valence-electron chi connectivity index (χ0n) is 39.1. The molecule has 0 aliphatic rings. The van der Waals surface area contributed by atoms with Gasteiger partial charge in [-0.15, -0.1) is 0 Å². The SMILES string of the molecule is O=P(c1ccccc1)(c1ccccc1)c1cc(N(c2ccccc2)c2ccc(-n3c4ccccc4c4ccccc43)cc2)nc(N(c2ccccc2)c2ccc(-n3c4ccccc4c4ccccc43)cc2)c1. The zero-order valence-corrected chi connectivity index (χ0v) is 40.0. The number of benzene rings is 10. The maximum absolute atomic E-state index is 16.6. The minimum absolute atomic E-state index is 0.619. The van der Waals surface area contributed by atoms with Crippen molar-refractivity contribution in [3.8, 4) is 11.4 Å². The quantitative estimate of drug-likeness (QED) is 0.121. The Kier molecular flexibility index (Phi) is 10.7. The molecule has 13 aromatic rings. The monoisotopic (exact) mass is 943 g/mol. The standard InChI is InChI=1S/C65H46N5OP/c71-72(53-25-9-3-10-26-53,54-27-11-4-12-28-54)55-45-64(67(47-21-5-1-6-22-47)49-37-41-51(42-38-49)69-60-33-17-13-29-56(60)57-30-14-18-34-61(57)69)66-65(46-55)68(48-23-7-2-8-24-48)50-39-43-52(44-40-50)70-62-35-19-15-31-58(62)59-32-16-20-36-63(59)70/h1-46H. The molecule has 0 spiro atoms. The van der Waals surface area contributed by atoms with Crippen LogP contribution >= 0.6 is 7.14 Å². The Morgan fingerprint density at radius 2 is 0.569 bits per heavy atom. The number of nitrogens with zero attached hydrogens (tertiary/aromatic N) is 5. The minimum Gasteiger partial charge on any atom is -0.309 e. The second kappa shape index (κ2) is 17.9. The lowest BCUT2D eigenvalue weighted by molar-refractivity contribution is 0.592. The van der Waals surface area contributed by atoms with Gasteiger partial charge in [0.1, 0.15) is 11.6 Å². The van der Waals surface area contributed by atoms with Crippen LogP contribution in [0, 0.1) is 0 Å². The highest BCUT2D eigenvalue weighted by Gasteiger charge is 2.33. The molecule has 0 saturated heterocycles. The van der Waals surface area contributed by atoms with E-state index < -0.39 is 7.14 Å². The molecule has 0 saturated carbocycles. The summed E-state index contributed by atoms with van der Waals surface area (Å²) < 4.78 is 21.3. The van der Waals surface area contributed by atoms with Gasteiger partial charge in [-0.05, 0) is 109 Å². The van der Waals surface area contributed by atoms with E-state index in [-0.39, 0.29) is 0 Å². The van der Waals surface area contributed by atoms with E-state index in [1.54, 1.807) is 0 Å². The van der Waals surface area contributed by atoms with Crippen LogP contribution in [0.4, 0.5) is 34.4 Å². The molecule has 13 rings (SSSR count). The van der Waals surface area contributed by atoms with E-state index in [0.29, 0.717) is 16.9 Å². The maximum Gasteiger partial charge on any atom is 0.171 e. The number of para-hydroxylation sites is 6. The Bertz CT molecular complexity index is 3750. The average molecular weight is 944 g/mol. The molecule has 0 unspecified atom stereocenters. The van der Waals surface area contributed by atoms with Crippen molar-refractivity contribution >= 4 is 101 Å². The number of hydrogen-bond donors (Lipinski definition) is 0. The van der Waals surface area contributed by atoms with Gasteiger partial charge in [-0.2, -0.15) is 0 Å². The third-order valence-electron chi connectivity index (χ3n) is 13.8. The molecule has 342 valence electrons. The highest BCUT2D eigenvalue weighted by molar-refractivity contribution is 7.85. The molecule has 0 amide bonds. The molecule has 0 fully saturated rings. The molecular formula is C65H46N5OP. The van der Waals surface area contributed by atoms with Crippen molar-refractivity contribution in [3.05, 3.63) is 279 Å². The Labute approximate surface area is 417 Å². The summed E-state index contributed by atoms with van der Waals surface area (Å²) in [7, 11) is -3.55. The molecule has 0 N–H and O–H groups in total. The van der Waals surface area contributed by atoms with Gasteiger partial charge in [0.25, 0.3) is 0 Å². The zero-order chi connectivity index (χ0) is 48.0. The van der Waals surface area contributed by atoms with Gasteiger partial charge in [0.15, 0.2) is 7.14 Å². The predicted molar refractivity (Wildman–Crippen MR) is 302 cm³/mol. The van der Waals surface area contributed by atoms with Gasteiger partial charge in [-0.3, -0.25) is 9.80 Å². The van der Waals surface area contributed by atoms with E-state index in [0.717, 1.165) is 66.8 Å². The van der Waals surface area contributed by atoms with Crippen LogP contribution in [0.1, 0.15) is 0 Å². The summed E-state index contributed by atoms with van der Waals surface area (Å²) in [6.07, 6.45) is 0. The summed E-state index contributed by atoms with van der Waals surface area (Å²) in [5, 5.41) is 6.98. The smallest absolute Gasteiger partial charge is 0.171 e. The Morgan fingerprint density at radius 3 is 0.903 bits per heavy atom. The first kappa shape index (κ1) is 42.8. The molecule has 3 heterocycles. The number of fused-ring (bicyclic) bond motifs is 6. The number of hydrogen-bond acceptors (Lipinski definition) is 4. The molecule has 0 radical (unpaired) electrons. The molecule has 72 heavy (non-hydrogen) atoms. The summed E-state index contributed by atoms with van der Waals surface area (Å²) in [6.45, 7) is 0. The topological polar surface area (TPSA) is 46.3 Å². The highest BCUT2D eigenvalue weighted by Crippen LogP contribution is 2.47. The van der Waals surface area contributed by atoms with Crippen molar-refractivity contribution in [2.45, 2.75) is 0 Å². The van der Waals surface area contributed by atoms with Crippen LogP contribution in [-0.2, 0) is 4.57 Å². The first-order chi connectivity index (χ1) is 35.6. The van der Waals surface area contributed by atoms with Crippen LogP contribution in [-0.4, -0.2) is 14.1 Å². The predicted octanol–water partition coefficient (Wildman–Crippen LogP) is 15.9. The lowest BCUT2D eigenvalue weighted by Gasteiger charge is -2.30. The first-order valence-corrected chi connectivity index (χ1v) is 25.9. The van der Waals surface area contributed by atoms with Gasteiger partial charge in [-0.1, -0.05) is 170 Å². The fraction of sp³-hybridized carbons (Fsp3) is 0. The first-order valence-electron chi connectivity index (χ1n) is 24.2. The summed E-state index contributed by atoms with van der Waals surface area (Å²) in [5.41, 5.74) is 10.3. The minimum atomic E-state index is -3.55. The summed E-state index contributed by atoms with van der Waals surface area (Å²) in [5.74, 6) is 1.24. The molecule has 0 aliphatic heterocycles. The lowest BCUT2D eigenvalue weighted by Crippen LogP contribution is -2.27. The highest BCUT2D eigenvalue weighted by atomic mass is 31.2. The summed E-state index contributed by atoms with van der Waals surface area (Å²) >= 11 is 0. The van der Waals surface area contributed by atoms with Gasteiger partial charge < -0.3 is 13.7 Å². The molecule has 6 nitrogen and oxygen atoms in total. The normalized spacial score (nSPS) is 11.7. The fourth-order valence-electron chi connectivity index (χ4n) is 10.5. The van der Waals surface area contributed by atoms with Crippen LogP contribution in [0.25, 0.3) is 55.0 Å². The van der Waals surface area contributed by atoms with Gasteiger partial charge >= 0.3 is 0 Å². The van der Waals surface area contributed by atoms with Crippen molar-refractivity contribution < 1.29 is 4.57 Å². The van der Waals surface area contributed by atoms with Crippen LogP contribution in [0.2, 0.25) is 0 Å². The molecular weight excluding hydrogens is 898 g/mol. The second-order valence-corrected chi connectivity index (χ2v) is 20.7. The Morgan fingerprint density at radius 1 is 0.292 bits per heavy atom. The van der Waals surface area contributed by atoms with Crippen molar-refractivity contribution in [1.82, 2.24) is 14.1 Å². The number of rotatable bonds is 11. The number of pyridine rings is 1. The number of anilines is 6. The Balaban J connectivity index is 1.03. The van der Waals surface area contributed by atoms with Gasteiger partial charge in [0.2, 0.25) is 0 Å². The molecule has 0 aliphatic carbocycles. The van der Waals surface area contributed by atoms with Crippen molar-refractivity contribution in [2.24, 2.45) is 0 Å².